The Bertz CT molecular complexity index is 875. The van der Waals surface area contributed by atoms with Crippen LogP contribution in [0.5, 0.6) is 0 Å². The van der Waals surface area contributed by atoms with Gasteiger partial charge in [-0.15, -0.1) is 0 Å². The number of aromatic amines is 1. The fourth-order valence-electron chi connectivity index (χ4n) is 2.55. The Morgan fingerprint density at radius 3 is 2.70 bits per heavy atom. The predicted octanol–water partition coefficient (Wildman–Crippen LogP) is 3.79. The summed E-state index contributed by atoms with van der Waals surface area (Å²) >= 11 is 0. The molecule has 2 N–H and O–H groups in total. The lowest BCUT2D eigenvalue weighted by Gasteiger charge is -1.98. The van der Waals surface area contributed by atoms with Crippen LogP contribution in [0.15, 0.2) is 51.8 Å². The zero-order valence-electron chi connectivity index (χ0n) is 13.2. The van der Waals surface area contributed by atoms with Gasteiger partial charge in [0.15, 0.2) is 5.82 Å². The summed E-state index contributed by atoms with van der Waals surface area (Å²) in [7, 11) is 0. The highest BCUT2D eigenvalue weighted by molar-refractivity contribution is 5.56. The normalized spacial score (nSPS) is 12.1. The van der Waals surface area contributed by atoms with Gasteiger partial charge < -0.3 is 5.32 Å². The van der Waals surface area contributed by atoms with Gasteiger partial charge in [-0.1, -0.05) is 41.1 Å². The van der Waals surface area contributed by atoms with Crippen molar-refractivity contribution >= 4 is 5.69 Å². The van der Waals surface area contributed by atoms with Crippen LogP contribution in [-0.4, -0.2) is 16.7 Å². The van der Waals surface area contributed by atoms with Crippen molar-refractivity contribution in [3.8, 4) is 11.4 Å². The van der Waals surface area contributed by atoms with Crippen molar-refractivity contribution in [1.82, 2.24) is 10.1 Å². The molecule has 0 bridgehead atoms. The highest BCUT2D eigenvalue weighted by atomic mass is 16.5. The second-order valence-electron chi connectivity index (χ2n) is 5.65. The van der Waals surface area contributed by atoms with E-state index in [4.69, 9.17) is 0 Å². The third-order valence-electron chi connectivity index (χ3n) is 3.71. The van der Waals surface area contributed by atoms with Gasteiger partial charge in [-0.25, -0.2) is 4.79 Å². The first kappa shape index (κ1) is 15.1. The Labute approximate surface area is 137 Å². The SMILES string of the molecule is Cc1ccc2c(c1)NCC2.Cc1cccc(-c2noc(=O)[nH]2)c1.[HH].[HH]. The third kappa shape index (κ3) is 3.69. The molecule has 3 aromatic rings. The number of nitrogens with one attached hydrogen (secondary N) is 2. The van der Waals surface area contributed by atoms with E-state index in [2.05, 4.69) is 45.1 Å². The monoisotopic (exact) mass is 313 g/mol. The van der Waals surface area contributed by atoms with Crippen LogP contribution in [0.2, 0.25) is 0 Å². The number of aryl methyl sites for hydroxylation is 2. The van der Waals surface area contributed by atoms with E-state index in [0.717, 1.165) is 17.7 Å². The van der Waals surface area contributed by atoms with Crippen molar-refractivity contribution in [3.05, 3.63) is 69.7 Å². The summed E-state index contributed by atoms with van der Waals surface area (Å²) in [5.41, 5.74) is 6.10. The molecule has 1 aliphatic rings. The number of hydrogen-bond acceptors (Lipinski definition) is 4. The molecule has 0 saturated carbocycles. The van der Waals surface area contributed by atoms with Gasteiger partial charge in [0.25, 0.3) is 0 Å². The summed E-state index contributed by atoms with van der Waals surface area (Å²) < 4.78 is 4.40. The van der Waals surface area contributed by atoms with Gasteiger partial charge in [0.1, 0.15) is 0 Å². The third-order valence-corrected chi connectivity index (χ3v) is 3.71. The molecule has 0 aliphatic carbocycles. The Morgan fingerprint density at radius 2 is 1.96 bits per heavy atom. The van der Waals surface area contributed by atoms with Crippen LogP contribution in [0, 0.1) is 13.8 Å². The van der Waals surface area contributed by atoms with Gasteiger partial charge in [-0.05, 0) is 43.5 Å². The first-order chi connectivity index (χ1) is 11.1. The minimum Gasteiger partial charge on any atom is -0.384 e. The van der Waals surface area contributed by atoms with Crippen molar-refractivity contribution in [3.63, 3.8) is 0 Å². The Kier molecular flexibility index (Phi) is 4.28. The molecular weight excluding hydrogens is 290 g/mol. The molecule has 0 amide bonds. The van der Waals surface area contributed by atoms with Gasteiger partial charge in [0, 0.05) is 20.6 Å². The summed E-state index contributed by atoms with van der Waals surface area (Å²) in [5, 5.41) is 6.92. The maximum absolute atomic E-state index is 10.7. The van der Waals surface area contributed by atoms with Gasteiger partial charge in [0.2, 0.25) is 0 Å². The second kappa shape index (κ2) is 6.52. The second-order valence-corrected chi connectivity index (χ2v) is 5.65. The van der Waals surface area contributed by atoms with Crippen molar-refractivity contribution in [2.45, 2.75) is 20.3 Å². The number of H-pyrrole nitrogens is 1. The molecule has 0 radical (unpaired) electrons. The number of anilines is 1. The first-order valence-electron chi connectivity index (χ1n) is 7.58. The number of fused-ring (bicyclic) bond motifs is 1. The van der Waals surface area contributed by atoms with E-state index in [1.165, 1.54) is 23.2 Å². The van der Waals surface area contributed by atoms with Crippen LogP contribution < -0.4 is 11.1 Å². The van der Waals surface area contributed by atoms with Crippen LogP contribution in [0.4, 0.5) is 5.69 Å². The van der Waals surface area contributed by atoms with Crippen molar-refractivity contribution in [1.29, 1.82) is 0 Å². The molecule has 5 nitrogen and oxygen atoms in total. The molecule has 1 aliphatic heterocycles. The molecule has 0 atom stereocenters. The van der Waals surface area contributed by atoms with Gasteiger partial charge >= 0.3 is 5.76 Å². The molecule has 23 heavy (non-hydrogen) atoms. The van der Waals surface area contributed by atoms with E-state index in [1.54, 1.807) is 0 Å². The largest absolute Gasteiger partial charge is 0.439 e. The van der Waals surface area contributed by atoms with E-state index in [9.17, 15) is 4.79 Å². The molecule has 122 valence electrons. The topological polar surface area (TPSA) is 70.9 Å². The van der Waals surface area contributed by atoms with Crippen LogP contribution >= 0.6 is 0 Å². The quantitative estimate of drug-likeness (QED) is 0.717. The molecule has 4 rings (SSSR count). The van der Waals surface area contributed by atoms with Gasteiger partial charge in [0.05, 0.1) is 0 Å². The zero-order chi connectivity index (χ0) is 16.2. The minimum atomic E-state index is -0.531. The fraction of sp³-hybridized carbons (Fsp3) is 0.222. The predicted molar refractivity (Wildman–Crippen MR) is 94.9 cm³/mol. The maximum Gasteiger partial charge on any atom is 0.439 e. The molecule has 2 aromatic carbocycles. The first-order valence-corrected chi connectivity index (χ1v) is 7.58. The Hall–Kier alpha value is -2.82. The van der Waals surface area contributed by atoms with Crippen molar-refractivity contribution in [2.24, 2.45) is 0 Å². The van der Waals surface area contributed by atoms with E-state index in [-0.39, 0.29) is 2.85 Å². The van der Waals surface area contributed by atoms with Crippen molar-refractivity contribution in [2.75, 3.05) is 11.9 Å². The number of hydrogen-bond donors (Lipinski definition) is 2. The highest BCUT2D eigenvalue weighted by Gasteiger charge is 2.07. The summed E-state index contributed by atoms with van der Waals surface area (Å²) in [4.78, 5) is 13.2. The van der Waals surface area contributed by atoms with Crippen LogP contribution in [0.3, 0.4) is 0 Å². The molecule has 0 unspecified atom stereocenters. The number of nitrogens with zero attached hydrogens (tertiary/aromatic N) is 1. The lowest BCUT2D eigenvalue weighted by Crippen LogP contribution is -1.94. The zero-order valence-corrected chi connectivity index (χ0v) is 13.2. The standard InChI is InChI=1S/C9H8N2O2.C9H11N.2H2/c1-6-3-2-4-7(5-6)8-10-9(12)13-11-8;1-7-2-3-8-4-5-10-9(8)6-7;;/h2-5H,1H3,(H,10,11,12);2-3,6,10H,4-5H2,1H3;2*1H. The van der Waals surface area contributed by atoms with Crippen molar-refractivity contribution < 1.29 is 7.38 Å². The van der Waals surface area contributed by atoms with Gasteiger partial charge in [-0.2, -0.15) is 0 Å². The lowest BCUT2D eigenvalue weighted by atomic mass is 10.1. The van der Waals surface area contributed by atoms with E-state index in [1.807, 2.05) is 31.2 Å². The summed E-state index contributed by atoms with van der Waals surface area (Å²) in [5.74, 6) is -0.0646. The van der Waals surface area contributed by atoms with E-state index < -0.39 is 5.76 Å². The molecule has 0 spiro atoms. The average Bonchev–Trinajstić information content (AvgIpc) is 3.16. The van der Waals surface area contributed by atoms with E-state index in [0.29, 0.717) is 5.82 Å². The summed E-state index contributed by atoms with van der Waals surface area (Å²) in [6, 6.07) is 14.3. The Morgan fingerprint density at radius 1 is 1.13 bits per heavy atom. The smallest absolute Gasteiger partial charge is 0.384 e. The summed E-state index contributed by atoms with van der Waals surface area (Å²) in [6.45, 7) is 5.21. The molecule has 1 aromatic heterocycles. The van der Waals surface area contributed by atoms with E-state index >= 15 is 0 Å². The number of benzene rings is 2. The molecule has 0 fully saturated rings. The molecule has 0 saturated heterocycles. The fourth-order valence-corrected chi connectivity index (χ4v) is 2.55. The molecule has 5 heteroatoms. The maximum atomic E-state index is 10.7. The average molecular weight is 313 g/mol. The van der Waals surface area contributed by atoms with Crippen LogP contribution in [0.25, 0.3) is 11.4 Å². The highest BCUT2D eigenvalue weighted by Crippen LogP contribution is 2.22. The lowest BCUT2D eigenvalue weighted by molar-refractivity contribution is 0.388. The molecular formula is C18H23N3O2. The minimum absolute atomic E-state index is 0. The van der Waals surface area contributed by atoms with Gasteiger partial charge in [-0.3, -0.25) is 9.51 Å². The van der Waals surface area contributed by atoms with Crippen LogP contribution in [0.1, 0.15) is 19.5 Å². The summed E-state index contributed by atoms with van der Waals surface area (Å²) in [6.07, 6.45) is 1.19. The Balaban J connectivity index is 0.000000237. The van der Waals surface area contributed by atoms with Crippen LogP contribution in [-0.2, 0) is 6.42 Å². The molecule has 2 heterocycles. The number of rotatable bonds is 1. The number of aromatic nitrogens is 2.